The normalized spacial score (nSPS) is 18.6. The molecule has 0 atom stereocenters. The van der Waals surface area contributed by atoms with E-state index < -0.39 is 11.4 Å². The van der Waals surface area contributed by atoms with Crippen molar-refractivity contribution in [1.29, 1.82) is 0 Å². The maximum absolute atomic E-state index is 11.0. The fourth-order valence-corrected chi connectivity index (χ4v) is 3.54. The Labute approximate surface area is 88.7 Å². The van der Waals surface area contributed by atoms with Crippen LogP contribution in [0.25, 0.3) is 0 Å². The van der Waals surface area contributed by atoms with Crippen LogP contribution in [0.4, 0.5) is 0 Å². The van der Waals surface area contributed by atoms with E-state index in [1.165, 1.54) is 0 Å². The standard InChI is InChI=1S/C9H9BrO2S/c1-5-4-13-7(6(5)10)9(2-3-9)8(11)12/h4H,2-3H2,1H3,(H,11,12). The van der Waals surface area contributed by atoms with Crippen LogP contribution in [0, 0.1) is 6.92 Å². The Kier molecular flexibility index (Phi) is 2.00. The minimum absolute atomic E-state index is 0.558. The first-order valence-corrected chi connectivity index (χ1v) is 5.72. The van der Waals surface area contributed by atoms with Crippen LogP contribution in [0.3, 0.4) is 0 Å². The van der Waals surface area contributed by atoms with Gasteiger partial charge in [-0.3, -0.25) is 4.79 Å². The van der Waals surface area contributed by atoms with E-state index in [1.54, 1.807) is 11.3 Å². The number of aryl methyl sites for hydroxylation is 1. The monoisotopic (exact) mass is 260 g/mol. The van der Waals surface area contributed by atoms with E-state index in [-0.39, 0.29) is 0 Å². The largest absolute Gasteiger partial charge is 0.481 e. The predicted octanol–water partition coefficient (Wildman–Crippen LogP) is 2.94. The maximum atomic E-state index is 11.0. The first-order valence-electron chi connectivity index (χ1n) is 4.05. The van der Waals surface area contributed by atoms with Crippen LogP contribution in [-0.4, -0.2) is 11.1 Å². The van der Waals surface area contributed by atoms with Crippen LogP contribution in [0.15, 0.2) is 9.85 Å². The number of carboxylic acid groups (broad SMARTS) is 1. The summed E-state index contributed by atoms with van der Waals surface area (Å²) in [7, 11) is 0. The van der Waals surface area contributed by atoms with Gasteiger partial charge in [0.25, 0.3) is 0 Å². The van der Waals surface area contributed by atoms with Gasteiger partial charge >= 0.3 is 5.97 Å². The zero-order chi connectivity index (χ0) is 9.64. The summed E-state index contributed by atoms with van der Waals surface area (Å²) in [6.07, 6.45) is 1.56. The van der Waals surface area contributed by atoms with Gasteiger partial charge in [0, 0.05) is 9.35 Å². The van der Waals surface area contributed by atoms with Gasteiger partial charge in [-0.25, -0.2) is 0 Å². The van der Waals surface area contributed by atoms with Gasteiger partial charge in [-0.2, -0.15) is 0 Å². The molecule has 1 N–H and O–H groups in total. The fourth-order valence-electron chi connectivity index (χ4n) is 1.42. The van der Waals surface area contributed by atoms with E-state index in [0.29, 0.717) is 0 Å². The molecule has 4 heteroatoms. The molecule has 1 saturated carbocycles. The van der Waals surface area contributed by atoms with Crippen molar-refractivity contribution in [3.05, 3.63) is 20.3 Å². The summed E-state index contributed by atoms with van der Waals surface area (Å²) in [6, 6.07) is 0. The van der Waals surface area contributed by atoms with Crippen molar-refractivity contribution in [2.24, 2.45) is 0 Å². The molecule has 0 amide bonds. The fraction of sp³-hybridized carbons (Fsp3) is 0.444. The Morgan fingerprint density at radius 3 is 2.62 bits per heavy atom. The molecule has 1 aliphatic rings. The van der Waals surface area contributed by atoms with Gasteiger partial charge < -0.3 is 5.11 Å². The first-order chi connectivity index (χ1) is 6.08. The van der Waals surface area contributed by atoms with Gasteiger partial charge in [0.05, 0.1) is 0 Å². The van der Waals surface area contributed by atoms with Crippen LogP contribution < -0.4 is 0 Å². The van der Waals surface area contributed by atoms with Gasteiger partial charge in [-0.1, -0.05) is 0 Å². The molecular weight excluding hydrogens is 252 g/mol. The molecule has 0 radical (unpaired) electrons. The summed E-state index contributed by atoms with van der Waals surface area (Å²) in [6.45, 7) is 1.99. The number of carboxylic acids is 1. The van der Waals surface area contributed by atoms with E-state index in [9.17, 15) is 4.79 Å². The van der Waals surface area contributed by atoms with Crippen LogP contribution in [0.5, 0.6) is 0 Å². The molecule has 0 bridgehead atoms. The van der Waals surface area contributed by atoms with Crippen LogP contribution >= 0.6 is 27.3 Å². The lowest BCUT2D eigenvalue weighted by Crippen LogP contribution is -2.18. The molecule has 2 rings (SSSR count). The van der Waals surface area contributed by atoms with Crippen LogP contribution in [0.1, 0.15) is 23.3 Å². The molecule has 13 heavy (non-hydrogen) atoms. The summed E-state index contributed by atoms with van der Waals surface area (Å²) < 4.78 is 0.984. The highest BCUT2D eigenvalue weighted by molar-refractivity contribution is 9.10. The van der Waals surface area contributed by atoms with Crippen molar-refractivity contribution in [3.8, 4) is 0 Å². The van der Waals surface area contributed by atoms with Gasteiger partial charge in [0.1, 0.15) is 5.41 Å². The lowest BCUT2D eigenvalue weighted by Gasteiger charge is -2.07. The number of hydrogen-bond acceptors (Lipinski definition) is 2. The van der Waals surface area contributed by atoms with Crippen molar-refractivity contribution in [2.45, 2.75) is 25.2 Å². The molecular formula is C9H9BrO2S. The second-order valence-corrected chi connectivity index (χ2v) is 5.12. The molecule has 0 aliphatic heterocycles. The van der Waals surface area contributed by atoms with Crippen molar-refractivity contribution in [3.63, 3.8) is 0 Å². The molecule has 2 nitrogen and oxygen atoms in total. The maximum Gasteiger partial charge on any atom is 0.315 e. The second kappa shape index (κ2) is 2.82. The van der Waals surface area contributed by atoms with E-state index in [4.69, 9.17) is 5.11 Å². The number of aliphatic carboxylic acids is 1. The Hall–Kier alpha value is -0.350. The molecule has 1 aromatic heterocycles. The van der Waals surface area contributed by atoms with Gasteiger partial charge in [-0.15, -0.1) is 11.3 Å². The van der Waals surface area contributed by atoms with Crippen molar-refractivity contribution < 1.29 is 9.90 Å². The zero-order valence-electron chi connectivity index (χ0n) is 7.13. The first kappa shape index (κ1) is 9.21. The van der Waals surface area contributed by atoms with Gasteiger partial charge in [-0.05, 0) is 46.6 Å². The number of thiophene rings is 1. The Morgan fingerprint density at radius 1 is 1.69 bits per heavy atom. The molecule has 0 aromatic carbocycles. The summed E-state index contributed by atoms with van der Waals surface area (Å²) >= 11 is 4.99. The van der Waals surface area contributed by atoms with Crippen LogP contribution in [0.2, 0.25) is 0 Å². The van der Waals surface area contributed by atoms with Crippen LogP contribution in [-0.2, 0) is 10.2 Å². The molecule has 1 fully saturated rings. The Bertz CT molecular complexity index is 366. The quantitative estimate of drug-likeness (QED) is 0.888. The highest BCUT2D eigenvalue weighted by atomic mass is 79.9. The third-order valence-electron chi connectivity index (χ3n) is 2.49. The zero-order valence-corrected chi connectivity index (χ0v) is 9.54. The van der Waals surface area contributed by atoms with Gasteiger partial charge in [0.2, 0.25) is 0 Å². The Balaban J connectivity index is 2.46. The molecule has 0 unspecified atom stereocenters. The lowest BCUT2D eigenvalue weighted by molar-refractivity contribution is -0.139. The van der Waals surface area contributed by atoms with Gasteiger partial charge in [0.15, 0.2) is 0 Å². The molecule has 0 spiro atoms. The average Bonchev–Trinajstić information content (AvgIpc) is 2.80. The molecule has 0 saturated heterocycles. The molecule has 1 aromatic rings. The minimum atomic E-state index is -0.685. The number of carbonyl (C=O) groups is 1. The topological polar surface area (TPSA) is 37.3 Å². The summed E-state index contributed by atoms with van der Waals surface area (Å²) in [5.41, 5.74) is 0.574. The number of rotatable bonds is 2. The average molecular weight is 261 g/mol. The summed E-state index contributed by atoms with van der Waals surface area (Å²) in [4.78, 5) is 12.0. The SMILES string of the molecule is Cc1csc(C2(C(=O)O)CC2)c1Br. The van der Waals surface area contributed by atoms with Crippen molar-refractivity contribution in [1.82, 2.24) is 0 Å². The summed E-state index contributed by atoms with van der Waals surface area (Å²) in [5.74, 6) is -0.685. The molecule has 1 aliphatic carbocycles. The van der Waals surface area contributed by atoms with Crippen molar-refractivity contribution >= 4 is 33.2 Å². The van der Waals surface area contributed by atoms with E-state index >= 15 is 0 Å². The minimum Gasteiger partial charge on any atom is -0.481 e. The number of halogens is 1. The highest BCUT2D eigenvalue weighted by Crippen LogP contribution is 2.53. The molecule has 1 heterocycles. The molecule has 70 valence electrons. The third kappa shape index (κ3) is 1.23. The van der Waals surface area contributed by atoms with E-state index in [1.807, 2.05) is 12.3 Å². The lowest BCUT2D eigenvalue weighted by atomic mass is 10.1. The Morgan fingerprint density at radius 2 is 2.31 bits per heavy atom. The smallest absolute Gasteiger partial charge is 0.315 e. The van der Waals surface area contributed by atoms with Crippen molar-refractivity contribution in [2.75, 3.05) is 0 Å². The van der Waals surface area contributed by atoms with E-state index in [2.05, 4.69) is 15.9 Å². The second-order valence-electron chi connectivity index (χ2n) is 3.45. The van der Waals surface area contributed by atoms with E-state index in [0.717, 1.165) is 27.8 Å². The number of hydrogen-bond donors (Lipinski definition) is 1. The predicted molar refractivity (Wildman–Crippen MR) is 55.3 cm³/mol. The summed E-state index contributed by atoms with van der Waals surface area (Å²) in [5, 5.41) is 11.1. The third-order valence-corrected chi connectivity index (χ3v) is 5.08. The highest BCUT2D eigenvalue weighted by Gasteiger charge is 2.53.